The summed E-state index contributed by atoms with van der Waals surface area (Å²) in [5, 5.41) is 3.75. The quantitative estimate of drug-likeness (QED) is 0.489. The van der Waals surface area contributed by atoms with Crippen LogP contribution in [0.4, 0.5) is 0 Å². The molecule has 3 nitrogen and oxygen atoms in total. The third-order valence-corrected chi connectivity index (χ3v) is 1.45. The zero-order chi connectivity index (χ0) is 7.40. The Bertz CT molecular complexity index is 145. The molecule has 0 unspecified atom stereocenters. The number of carbonyl (C=O) groups excluding carboxylic acids is 1. The molecule has 0 aromatic rings. The summed E-state index contributed by atoms with van der Waals surface area (Å²) in [6.45, 7) is 6.39. The zero-order valence-electron chi connectivity index (χ0n) is 5.92. The van der Waals surface area contributed by atoms with Gasteiger partial charge in [0.15, 0.2) is 0 Å². The van der Waals surface area contributed by atoms with Crippen LogP contribution in [0, 0.1) is 0 Å². The minimum Gasteiger partial charge on any atom is -0.289 e. The largest absolute Gasteiger partial charge is 0.289 e. The summed E-state index contributed by atoms with van der Waals surface area (Å²) < 4.78 is 0. The van der Waals surface area contributed by atoms with Gasteiger partial charge in [0.25, 0.3) is 5.91 Å². The minimum absolute atomic E-state index is 0.00639. The Kier molecular flexibility index (Phi) is 2.45. The van der Waals surface area contributed by atoms with E-state index in [1.807, 2.05) is 4.90 Å². The van der Waals surface area contributed by atoms with Crippen LogP contribution in [-0.4, -0.2) is 37.0 Å². The summed E-state index contributed by atoms with van der Waals surface area (Å²) in [7, 11) is 0. The molecule has 1 aliphatic rings. The molecule has 1 radical (unpaired) electrons. The first-order valence-corrected chi connectivity index (χ1v) is 3.36. The van der Waals surface area contributed by atoms with E-state index in [0.717, 1.165) is 13.1 Å². The third kappa shape index (κ3) is 1.84. The Morgan fingerprint density at radius 2 is 2.60 bits per heavy atom. The van der Waals surface area contributed by atoms with E-state index in [9.17, 15) is 4.79 Å². The van der Waals surface area contributed by atoms with Gasteiger partial charge in [-0.05, 0) is 0 Å². The van der Waals surface area contributed by atoms with Crippen LogP contribution in [0.2, 0.25) is 0 Å². The molecule has 1 aliphatic heterocycles. The van der Waals surface area contributed by atoms with Crippen molar-refractivity contribution in [2.75, 3.05) is 26.2 Å². The number of amides is 1. The van der Waals surface area contributed by atoms with Crippen LogP contribution in [0.15, 0.2) is 12.7 Å². The summed E-state index contributed by atoms with van der Waals surface area (Å²) in [6, 6.07) is 0. The molecule has 0 bridgehead atoms. The number of carbonyl (C=O) groups is 1. The number of hydrogen-bond donors (Lipinski definition) is 0. The van der Waals surface area contributed by atoms with Crippen LogP contribution >= 0.6 is 0 Å². The number of hydrogen-bond acceptors (Lipinski definition) is 2. The fourth-order valence-electron chi connectivity index (χ4n) is 0.975. The predicted octanol–water partition coefficient (Wildman–Crippen LogP) is -0.381. The highest BCUT2D eigenvalue weighted by molar-refractivity contribution is 5.78. The zero-order valence-corrected chi connectivity index (χ0v) is 5.92. The van der Waals surface area contributed by atoms with E-state index in [-0.39, 0.29) is 5.91 Å². The van der Waals surface area contributed by atoms with Crippen molar-refractivity contribution in [1.82, 2.24) is 10.2 Å². The van der Waals surface area contributed by atoms with Crippen LogP contribution in [0.3, 0.4) is 0 Å². The summed E-state index contributed by atoms with van der Waals surface area (Å²) in [6.07, 6.45) is 1.80. The van der Waals surface area contributed by atoms with Crippen LogP contribution in [0.5, 0.6) is 0 Å². The Hall–Kier alpha value is -0.830. The van der Waals surface area contributed by atoms with Crippen molar-refractivity contribution in [3.8, 4) is 0 Å². The Morgan fingerprint density at radius 3 is 3.20 bits per heavy atom. The topological polar surface area (TPSA) is 34.4 Å². The van der Waals surface area contributed by atoms with Crippen molar-refractivity contribution in [1.29, 1.82) is 0 Å². The second-order valence-electron chi connectivity index (χ2n) is 2.30. The molecular weight excluding hydrogens is 128 g/mol. The van der Waals surface area contributed by atoms with Gasteiger partial charge in [-0.15, -0.1) is 6.58 Å². The minimum atomic E-state index is -0.00639. The second kappa shape index (κ2) is 3.37. The maximum Gasteiger partial charge on any atom is 0.255 e. The molecule has 0 spiro atoms. The van der Waals surface area contributed by atoms with Gasteiger partial charge in [-0.2, -0.15) is 0 Å². The average molecular weight is 139 g/mol. The molecule has 1 rings (SSSR count). The summed E-state index contributed by atoms with van der Waals surface area (Å²) in [5.74, 6) is -0.00639. The van der Waals surface area contributed by atoms with E-state index in [4.69, 9.17) is 0 Å². The lowest BCUT2D eigenvalue weighted by molar-refractivity contribution is -0.124. The third-order valence-electron chi connectivity index (χ3n) is 1.45. The first-order valence-electron chi connectivity index (χ1n) is 3.36. The maximum atomic E-state index is 10.7. The van der Waals surface area contributed by atoms with E-state index < -0.39 is 0 Å². The van der Waals surface area contributed by atoms with Crippen LogP contribution in [-0.2, 0) is 4.79 Å². The molecule has 0 aromatic heterocycles. The molecule has 1 heterocycles. The molecule has 0 N–H and O–H groups in total. The molecule has 55 valence electrons. The van der Waals surface area contributed by atoms with Crippen LogP contribution in [0.25, 0.3) is 0 Å². The molecule has 1 saturated heterocycles. The van der Waals surface area contributed by atoms with Crippen LogP contribution in [0.1, 0.15) is 0 Å². The van der Waals surface area contributed by atoms with Crippen molar-refractivity contribution in [2.45, 2.75) is 0 Å². The van der Waals surface area contributed by atoms with Gasteiger partial charge in [-0.1, -0.05) is 6.08 Å². The van der Waals surface area contributed by atoms with Crippen molar-refractivity contribution >= 4 is 5.91 Å². The Morgan fingerprint density at radius 1 is 1.80 bits per heavy atom. The van der Waals surface area contributed by atoms with E-state index in [2.05, 4.69) is 11.9 Å². The van der Waals surface area contributed by atoms with Gasteiger partial charge >= 0.3 is 0 Å². The van der Waals surface area contributed by atoms with E-state index in [1.54, 1.807) is 6.08 Å². The number of piperazine rings is 1. The SMILES string of the molecule is C=CCN1CC[N]C(=O)C1. The Balaban J connectivity index is 2.31. The molecule has 0 aromatic carbocycles. The average Bonchev–Trinajstić information content (AvgIpc) is 1.88. The molecule has 0 saturated carbocycles. The standard InChI is InChI=1S/C7H11N2O/c1-2-4-9-5-3-8-7(10)6-9/h2H,1,3-6H2. The fourth-order valence-corrected chi connectivity index (χ4v) is 0.975. The molecular formula is C7H11N2O. The summed E-state index contributed by atoms with van der Waals surface area (Å²) in [4.78, 5) is 12.7. The highest BCUT2D eigenvalue weighted by atomic mass is 16.2. The lowest BCUT2D eigenvalue weighted by Crippen LogP contribution is -2.43. The van der Waals surface area contributed by atoms with Gasteiger partial charge in [-0.3, -0.25) is 9.69 Å². The molecule has 10 heavy (non-hydrogen) atoms. The normalized spacial score (nSPS) is 20.2. The highest BCUT2D eigenvalue weighted by Gasteiger charge is 2.15. The van der Waals surface area contributed by atoms with Gasteiger partial charge in [0.1, 0.15) is 0 Å². The van der Waals surface area contributed by atoms with Crippen molar-refractivity contribution in [3.05, 3.63) is 12.7 Å². The van der Waals surface area contributed by atoms with Crippen molar-refractivity contribution in [3.63, 3.8) is 0 Å². The van der Waals surface area contributed by atoms with Crippen LogP contribution < -0.4 is 5.32 Å². The van der Waals surface area contributed by atoms with Gasteiger partial charge < -0.3 is 0 Å². The first-order chi connectivity index (χ1) is 4.83. The molecule has 3 heteroatoms. The van der Waals surface area contributed by atoms with Crippen molar-refractivity contribution < 1.29 is 4.79 Å². The molecule has 0 aliphatic carbocycles. The lowest BCUT2D eigenvalue weighted by atomic mass is 10.3. The van der Waals surface area contributed by atoms with Crippen molar-refractivity contribution in [2.24, 2.45) is 0 Å². The number of nitrogens with zero attached hydrogens (tertiary/aromatic N) is 2. The highest BCUT2D eigenvalue weighted by Crippen LogP contribution is 1.93. The fraction of sp³-hybridized carbons (Fsp3) is 0.571. The maximum absolute atomic E-state index is 10.7. The van der Waals surface area contributed by atoms with E-state index in [0.29, 0.717) is 13.1 Å². The monoisotopic (exact) mass is 139 g/mol. The first kappa shape index (κ1) is 7.28. The van der Waals surface area contributed by atoms with E-state index >= 15 is 0 Å². The molecule has 1 fully saturated rings. The summed E-state index contributed by atoms with van der Waals surface area (Å²) >= 11 is 0. The molecule has 1 amide bonds. The smallest absolute Gasteiger partial charge is 0.255 e. The lowest BCUT2D eigenvalue weighted by Gasteiger charge is -2.23. The van der Waals surface area contributed by atoms with Gasteiger partial charge in [0, 0.05) is 13.1 Å². The second-order valence-corrected chi connectivity index (χ2v) is 2.30. The van der Waals surface area contributed by atoms with Gasteiger partial charge in [0.2, 0.25) is 0 Å². The predicted molar refractivity (Wildman–Crippen MR) is 38.6 cm³/mol. The van der Waals surface area contributed by atoms with E-state index in [1.165, 1.54) is 0 Å². The van der Waals surface area contributed by atoms with Gasteiger partial charge in [0.05, 0.1) is 13.1 Å². The molecule has 0 atom stereocenters. The number of rotatable bonds is 2. The van der Waals surface area contributed by atoms with Gasteiger partial charge in [-0.25, -0.2) is 5.32 Å². The Labute approximate surface area is 60.7 Å². The summed E-state index contributed by atoms with van der Waals surface area (Å²) in [5.41, 5.74) is 0.